The third-order valence-corrected chi connectivity index (χ3v) is 4.19. The van der Waals surface area contributed by atoms with Gasteiger partial charge in [0.05, 0.1) is 11.9 Å². The number of aryl methyl sites for hydroxylation is 2. The molecule has 0 saturated heterocycles. The molecule has 2 heterocycles. The third kappa shape index (κ3) is 5.75. The summed E-state index contributed by atoms with van der Waals surface area (Å²) in [5.41, 5.74) is 1.73. The molecule has 8 heteroatoms. The molecule has 1 N–H and O–H groups in total. The van der Waals surface area contributed by atoms with Gasteiger partial charge in [-0.1, -0.05) is 11.8 Å². The molecule has 1 aromatic carbocycles. The quantitative estimate of drug-likeness (QED) is 0.508. The summed E-state index contributed by atoms with van der Waals surface area (Å²) in [6.07, 6.45) is 1.49. The summed E-state index contributed by atoms with van der Waals surface area (Å²) < 4.78 is 18.5. The van der Waals surface area contributed by atoms with E-state index in [1.54, 1.807) is 12.1 Å². The van der Waals surface area contributed by atoms with Crippen molar-refractivity contribution in [3.63, 3.8) is 0 Å². The van der Waals surface area contributed by atoms with Gasteiger partial charge in [-0.05, 0) is 56.3 Å². The van der Waals surface area contributed by atoms with Gasteiger partial charge in [-0.3, -0.25) is 4.79 Å². The molecule has 3 aromatic rings. The predicted octanol–water partition coefficient (Wildman–Crippen LogP) is 4.15. The summed E-state index contributed by atoms with van der Waals surface area (Å²) in [7, 11) is 0. The van der Waals surface area contributed by atoms with Gasteiger partial charge < -0.3 is 10.1 Å². The molecule has 0 fully saturated rings. The maximum atomic E-state index is 12.9. The first-order chi connectivity index (χ1) is 13.0. The largest absolute Gasteiger partial charge is 0.456 e. The number of benzene rings is 1. The summed E-state index contributed by atoms with van der Waals surface area (Å²) in [4.78, 5) is 24.8. The van der Waals surface area contributed by atoms with E-state index in [2.05, 4.69) is 20.3 Å². The van der Waals surface area contributed by atoms with Crippen LogP contribution in [0.25, 0.3) is 0 Å². The first-order valence-electron chi connectivity index (χ1n) is 8.12. The van der Waals surface area contributed by atoms with E-state index in [1.807, 2.05) is 19.9 Å². The van der Waals surface area contributed by atoms with Crippen molar-refractivity contribution in [2.24, 2.45) is 0 Å². The minimum atomic E-state index is -0.331. The number of pyridine rings is 1. The van der Waals surface area contributed by atoms with Crippen LogP contribution in [0.4, 0.5) is 10.2 Å². The van der Waals surface area contributed by atoms with Crippen LogP contribution in [0.3, 0.4) is 0 Å². The van der Waals surface area contributed by atoms with E-state index in [0.717, 1.165) is 11.4 Å². The third-order valence-electron chi connectivity index (χ3n) is 3.35. The second kappa shape index (κ2) is 8.59. The highest BCUT2D eigenvalue weighted by molar-refractivity contribution is 7.99. The first-order valence-corrected chi connectivity index (χ1v) is 9.11. The maximum absolute atomic E-state index is 12.9. The highest BCUT2D eigenvalue weighted by atomic mass is 32.2. The lowest BCUT2D eigenvalue weighted by Gasteiger charge is -2.07. The summed E-state index contributed by atoms with van der Waals surface area (Å²) >= 11 is 1.26. The molecule has 6 nitrogen and oxygen atoms in total. The maximum Gasteiger partial charge on any atom is 0.236 e. The molecule has 0 spiro atoms. The molecule has 3 rings (SSSR count). The average molecular weight is 384 g/mol. The van der Waals surface area contributed by atoms with Gasteiger partial charge in [0, 0.05) is 11.4 Å². The van der Waals surface area contributed by atoms with E-state index in [-0.39, 0.29) is 17.5 Å². The Kier molecular flexibility index (Phi) is 5.97. The van der Waals surface area contributed by atoms with Crippen molar-refractivity contribution in [1.82, 2.24) is 15.0 Å². The highest BCUT2D eigenvalue weighted by Gasteiger charge is 2.08. The molecule has 1 amide bonds. The molecular formula is C19H17FN4O2S. The van der Waals surface area contributed by atoms with E-state index in [0.29, 0.717) is 22.5 Å². The number of carbonyl (C=O) groups excluding carboxylic acids is 1. The Morgan fingerprint density at radius 1 is 1.07 bits per heavy atom. The van der Waals surface area contributed by atoms with Crippen LogP contribution in [0.1, 0.15) is 11.4 Å². The molecule has 0 atom stereocenters. The number of thioether (sulfide) groups is 1. The van der Waals surface area contributed by atoms with Crippen LogP contribution in [0, 0.1) is 19.7 Å². The van der Waals surface area contributed by atoms with Gasteiger partial charge in [-0.2, -0.15) is 0 Å². The topological polar surface area (TPSA) is 77.0 Å². The molecule has 0 aliphatic carbocycles. The summed E-state index contributed by atoms with van der Waals surface area (Å²) in [5, 5.41) is 3.28. The van der Waals surface area contributed by atoms with Crippen molar-refractivity contribution in [3.05, 3.63) is 65.9 Å². The van der Waals surface area contributed by atoms with Gasteiger partial charge in [-0.25, -0.2) is 19.3 Å². The molecule has 138 valence electrons. The normalized spacial score (nSPS) is 10.5. The highest BCUT2D eigenvalue weighted by Crippen LogP contribution is 2.22. The van der Waals surface area contributed by atoms with Crippen molar-refractivity contribution < 1.29 is 13.9 Å². The minimum Gasteiger partial charge on any atom is -0.456 e. The van der Waals surface area contributed by atoms with Crippen molar-refractivity contribution in [2.45, 2.75) is 19.0 Å². The SMILES string of the molecule is Cc1cc(C)nc(SCC(=O)Nc2ccc(Oc3ccc(F)cc3)cn2)n1. The molecule has 2 aromatic heterocycles. The molecule has 0 unspecified atom stereocenters. The van der Waals surface area contributed by atoms with E-state index < -0.39 is 0 Å². The Morgan fingerprint density at radius 2 is 1.74 bits per heavy atom. The van der Waals surface area contributed by atoms with Gasteiger partial charge in [0.2, 0.25) is 5.91 Å². The fourth-order valence-corrected chi connectivity index (χ4v) is 2.97. The second-order valence-electron chi connectivity index (χ2n) is 5.71. The number of halogens is 1. The number of amides is 1. The van der Waals surface area contributed by atoms with E-state index in [1.165, 1.54) is 42.2 Å². The number of hydrogen-bond acceptors (Lipinski definition) is 6. The number of anilines is 1. The van der Waals surface area contributed by atoms with Crippen LogP contribution < -0.4 is 10.1 Å². The van der Waals surface area contributed by atoms with Crippen molar-refractivity contribution in [2.75, 3.05) is 11.1 Å². The lowest BCUT2D eigenvalue weighted by molar-refractivity contribution is -0.113. The Bertz CT molecular complexity index is 913. The van der Waals surface area contributed by atoms with Gasteiger partial charge in [-0.15, -0.1) is 0 Å². The molecule has 27 heavy (non-hydrogen) atoms. The standard InChI is InChI=1S/C19H17FN4O2S/c1-12-9-13(2)23-19(22-12)27-11-18(25)24-17-8-7-16(10-21-17)26-15-5-3-14(20)4-6-15/h3-10H,11H2,1-2H3,(H,21,24,25). The number of nitrogens with zero attached hydrogens (tertiary/aromatic N) is 3. The Labute approximate surface area is 160 Å². The van der Waals surface area contributed by atoms with Crippen molar-refractivity contribution >= 4 is 23.5 Å². The van der Waals surface area contributed by atoms with Crippen LogP contribution in [0.2, 0.25) is 0 Å². The fourth-order valence-electron chi connectivity index (χ4n) is 2.22. The number of carbonyl (C=O) groups is 1. The molecule has 0 aliphatic rings. The zero-order valence-electron chi connectivity index (χ0n) is 14.8. The zero-order chi connectivity index (χ0) is 19.2. The summed E-state index contributed by atoms with van der Waals surface area (Å²) in [6, 6.07) is 10.9. The predicted molar refractivity (Wildman–Crippen MR) is 102 cm³/mol. The smallest absolute Gasteiger partial charge is 0.236 e. The lowest BCUT2D eigenvalue weighted by Crippen LogP contribution is -2.15. The Hall–Kier alpha value is -3.00. The first kappa shape index (κ1) is 18.8. The molecule has 0 bridgehead atoms. The Morgan fingerprint density at radius 3 is 2.37 bits per heavy atom. The van der Waals surface area contributed by atoms with E-state index >= 15 is 0 Å². The zero-order valence-corrected chi connectivity index (χ0v) is 15.6. The van der Waals surface area contributed by atoms with Crippen LogP contribution in [-0.2, 0) is 4.79 Å². The molecule has 0 saturated carbocycles. The van der Waals surface area contributed by atoms with Crippen molar-refractivity contribution in [1.29, 1.82) is 0 Å². The monoisotopic (exact) mass is 384 g/mol. The van der Waals surface area contributed by atoms with Crippen molar-refractivity contribution in [3.8, 4) is 11.5 Å². The number of rotatable bonds is 6. The molecular weight excluding hydrogens is 367 g/mol. The van der Waals surface area contributed by atoms with Crippen LogP contribution in [0.15, 0.2) is 53.8 Å². The van der Waals surface area contributed by atoms with Gasteiger partial charge in [0.25, 0.3) is 0 Å². The van der Waals surface area contributed by atoms with E-state index in [9.17, 15) is 9.18 Å². The second-order valence-corrected chi connectivity index (χ2v) is 6.65. The van der Waals surface area contributed by atoms with Gasteiger partial charge in [0.15, 0.2) is 5.16 Å². The average Bonchev–Trinajstić information content (AvgIpc) is 2.63. The van der Waals surface area contributed by atoms with Gasteiger partial charge >= 0.3 is 0 Å². The van der Waals surface area contributed by atoms with Crippen LogP contribution >= 0.6 is 11.8 Å². The number of aromatic nitrogens is 3. The van der Waals surface area contributed by atoms with Crippen LogP contribution in [-0.4, -0.2) is 26.6 Å². The fraction of sp³-hybridized carbons (Fsp3) is 0.158. The van der Waals surface area contributed by atoms with E-state index in [4.69, 9.17) is 4.74 Å². The summed E-state index contributed by atoms with van der Waals surface area (Å²) in [5.74, 6) is 1.04. The minimum absolute atomic E-state index is 0.179. The molecule has 0 radical (unpaired) electrons. The molecule has 0 aliphatic heterocycles. The van der Waals surface area contributed by atoms with Gasteiger partial charge in [0.1, 0.15) is 23.1 Å². The number of nitrogens with one attached hydrogen (secondary N) is 1. The van der Waals surface area contributed by atoms with Crippen LogP contribution in [0.5, 0.6) is 11.5 Å². The summed E-state index contributed by atoms with van der Waals surface area (Å²) in [6.45, 7) is 3.77. The Balaban J connectivity index is 1.52. The number of hydrogen-bond donors (Lipinski definition) is 1. The lowest BCUT2D eigenvalue weighted by atomic mass is 10.3. The number of ether oxygens (including phenoxy) is 1.